The van der Waals surface area contributed by atoms with Crippen molar-refractivity contribution in [2.45, 2.75) is 51.7 Å². The highest BCUT2D eigenvalue weighted by Gasteiger charge is 2.25. The molecule has 0 bridgehead atoms. The van der Waals surface area contributed by atoms with Gasteiger partial charge in [-0.2, -0.15) is 0 Å². The molecule has 0 spiro atoms. The fraction of sp³-hybridized carbons (Fsp3) is 0.647. The molecule has 0 saturated carbocycles. The molecule has 3 atom stereocenters. The van der Waals surface area contributed by atoms with Gasteiger partial charge < -0.3 is 10.1 Å². The van der Waals surface area contributed by atoms with E-state index in [4.69, 9.17) is 4.74 Å². The zero-order chi connectivity index (χ0) is 14.4. The van der Waals surface area contributed by atoms with Crippen LogP contribution < -0.4 is 5.32 Å². The van der Waals surface area contributed by atoms with Gasteiger partial charge >= 0.3 is 0 Å². The van der Waals surface area contributed by atoms with E-state index in [1.54, 1.807) is 12.1 Å². The minimum Gasteiger partial charge on any atom is -0.375 e. The smallest absolute Gasteiger partial charge is 0.126 e. The van der Waals surface area contributed by atoms with Gasteiger partial charge in [-0.1, -0.05) is 25.1 Å². The summed E-state index contributed by atoms with van der Waals surface area (Å²) in [6.45, 7) is 6.12. The van der Waals surface area contributed by atoms with Crippen molar-refractivity contribution in [3.05, 3.63) is 35.6 Å². The van der Waals surface area contributed by atoms with Gasteiger partial charge in [-0.25, -0.2) is 4.39 Å². The summed E-state index contributed by atoms with van der Waals surface area (Å²) in [6, 6.07) is 7.11. The maximum absolute atomic E-state index is 13.8. The molecule has 1 heterocycles. The number of hydrogen-bond acceptors (Lipinski definition) is 2. The molecule has 1 aromatic rings. The van der Waals surface area contributed by atoms with Crippen molar-refractivity contribution in [2.75, 3.05) is 13.1 Å². The van der Waals surface area contributed by atoms with Gasteiger partial charge in [0.1, 0.15) is 5.82 Å². The second-order valence-electron chi connectivity index (χ2n) is 5.85. The molecule has 3 unspecified atom stereocenters. The largest absolute Gasteiger partial charge is 0.375 e. The second kappa shape index (κ2) is 7.75. The fourth-order valence-corrected chi connectivity index (χ4v) is 2.99. The lowest BCUT2D eigenvalue weighted by Crippen LogP contribution is -2.27. The number of ether oxygens (including phenoxy) is 1. The van der Waals surface area contributed by atoms with Crippen molar-refractivity contribution >= 4 is 0 Å². The molecule has 112 valence electrons. The lowest BCUT2D eigenvalue weighted by Gasteiger charge is -2.21. The van der Waals surface area contributed by atoms with E-state index in [1.165, 1.54) is 0 Å². The van der Waals surface area contributed by atoms with Gasteiger partial charge in [0.2, 0.25) is 0 Å². The van der Waals surface area contributed by atoms with E-state index in [0.717, 1.165) is 44.3 Å². The Balaban J connectivity index is 1.94. The van der Waals surface area contributed by atoms with E-state index in [9.17, 15) is 4.39 Å². The third-order valence-corrected chi connectivity index (χ3v) is 4.07. The monoisotopic (exact) mass is 279 g/mol. The van der Waals surface area contributed by atoms with Crippen molar-refractivity contribution in [1.29, 1.82) is 0 Å². The molecule has 0 aliphatic carbocycles. The molecule has 1 aliphatic heterocycles. The molecule has 0 amide bonds. The average Bonchev–Trinajstić information content (AvgIpc) is 2.84. The summed E-state index contributed by atoms with van der Waals surface area (Å²) in [5.41, 5.74) is 0.821. The molecule has 2 nitrogen and oxygen atoms in total. The zero-order valence-electron chi connectivity index (χ0n) is 12.6. The highest BCUT2D eigenvalue weighted by atomic mass is 19.1. The van der Waals surface area contributed by atoms with Crippen LogP contribution in [0.15, 0.2) is 24.3 Å². The van der Waals surface area contributed by atoms with Crippen LogP contribution in [0.3, 0.4) is 0 Å². The van der Waals surface area contributed by atoms with Gasteiger partial charge in [0, 0.05) is 0 Å². The predicted molar refractivity (Wildman–Crippen MR) is 80.3 cm³/mol. The summed E-state index contributed by atoms with van der Waals surface area (Å²) in [4.78, 5) is 0. The third-order valence-electron chi connectivity index (χ3n) is 4.07. The van der Waals surface area contributed by atoms with Crippen LogP contribution >= 0.6 is 0 Å². The predicted octanol–water partition coefficient (Wildman–Crippen LogP) is 3.55. The van der Waals surface area contributed by atoms with E-state index in [0.29, 0.717) is 18.1 Å². The average molecular weight is 279 g/mol. The topological polar surface area (TPSA) is 21.3 Å². The molecule has 1 N–H and O–H groups in total. The Bertz CT molecular complexity index is 410. The Morgan fingerprint density at radius 1 is 1.35 bits per heavy atom. The van der Waals surface area contributed by atoms with Crippen LogP contribution in [0.4, 0.5) is 4.39 Å². The molecular weight excluding hydrogens is 253 g/mol. The minimum atomic E-state index is -0.0882. The van der Waals surface area contributed by atoms with Crippen LogP contribution in [0.1, 0.15) is 38.7 Å². The van der Waals surface area contributed by atoms with Crippen molar-refractivity contribution in [3.8, 4) is 0 Å². The van der Waals surface area contributed by atoms with Crippen molar-refractivity contribution in [1.82, 2.24) is 5.32 Å². The van der Waals surface area contributed by atoms with Crippen molar-refractivity contribution in [2.24, 2.45) is 5.92 Å². The van der Waals surface area contributed by atoms with Crippen molar-refractivity contribution < 1.29 is 9.13 Å². The molecule has 2 rings (SSSR count). The molecule has 20 heavy (non-hydrogen) atoms. The maximum Gasteiger partial charge on any atom is 0.126 e. The first-order valence-corrected chi connectivity index (χ1v) is 7.78. The fourth-order valence-electron chi connectivity index (χ4n) is 2.99. The molecule has 0 radical (unpaired) electrons. The molecule has 1 aliphatic rings. The van der Waals surface area contributed by atoms with Crippen LogP contribution in [0.2, 0.25) is 0 Å². The highest BCUT2D eigenvalue weighted by molar-refractivity contribution is 5.18. The van der Waals surface area contributed by atoms with E-state index >= 15 is 0 Å². The number of nitrogens with one attached hydrogen (secondary N) is 1. The number of rotatable bonds is 7. The summed E-state index contributed by atoms with van der Waals surface area (Å²) >= 11 is 0. The Morgan fingerprint density at radius 2 is 2.15 bits per heavy atom. The van der Waals surface area contributed by atoms with Crippen LogP contribution in [0, 0.1) is 11.7 Å². The SMILES string of the molecule is CCNCC(Cc1ccccc1F)CC1CCC(C)O1. The maximum atomic E-state index is 13.8. The van der Waals surface area contributed by atoms with Gasteiger partial charge in [0.15, 0.2) is 0 Å². The first kappa shape index (κ1) is 15.5. The normalized spacial score (nSPS) is 23.9. The van der Waals surface area contributed by atoms with E-state index in [2.05, 4.69) is 19.2 Å². The third kappa shape index (κ3) is 4.57. The van der Waals surface area contributed by atoms with Gasteiger partial charge in [-0.05, 0) is 63.2 Å². The zero-order valence-corrected chi connectivity index (χ0v) is 12.6. The molecule has 0 aromatic heterocycles. The van der Waals surface area contributed by atoms with Gasteiger partial charge in [0.25, 0.3) is 0 Å². The van der Waals surface area contributed by atoms with E-state index in [-0.39, 0.29) is 5.82 Å². The number of benzene rings is 1. The highest BCUT2D eigenvalue weighted by Crippen LogP contribution is 2.26. The molecular formula is C17H26FNO. The Morgan fingerprint density at radius 3 is 2.80 bits per heavy atom. The molecule has 1 aromatic carbocycles. The standard InChI is InChI=1S/C17H26FNO/c1-3-19-12-14(11-16-9-8-13(2)20-16)10-15-6-4-5-7-17(15)18/h4-7,13-14,16,19H,3,8-12H2,1-2H3. The van der Waals surface area contributed by atoms with Crippen LogP contribution in [-0.2, 0) is 11.2 Å². The Hall–Kier alpha value is -0.930. The molecule has 1 fully saturated rings. The summed E-state index contributed by atoms with van der Waals surface area (Å²) < 4.78 is 19.7. The van der Waals surface area contributed by atoms with Crippen LogP contribution in [-0.4, -0.2) is 25.3 Å². The minimum absolute atomic E-state index is 0.0882. The van der Waals surface area contributed by atoms with Crippen LogP contribution in [0.25, 0.3) is 0 Å². The van der Waals surface area contributed by atoms with Crippen molar-refractivity contribution in [3.63, 3.8) is 0 Å². The van der Waals surface area contributed by atoms with E-state index < -0.39 is 0 Å². The molecule has 3 heteroatoms. The molecule has 1 saturated heterocycles. The second-order valence-corrected chi connectivity index (χ2v) is 5.85. The summed E-state index contributed by atoms with van der Waals surface area (Å²) in [5, 5.41) is 3.40. The lowest BCUT2D eigenvalue weighted by atomic mass is 9.92. The summed E-state index contributed by atoms with van der Waals surface area (Å²) in [7, 11) is 0. The van der Waals surface area contributed by atoms with Gasteiger partial charge in [0.05, 0.1) is 12.2 Å². The van der Waals surface area contributed by atoms with E-state index in [1.807, 2.05) is 12.1 Å². The number of hydrogen-bond donors (Lipinski definition) is 1. The van der Waals surface area contributed by atoms with Gasteiger partial charge in [-0.3, -0.25) is 0 Å². The van der Waals surface area contributed by atoms with Gasteiger partial charge in [-0.15, -0.1) is 0 Å². The quantitative estimate of drug-likeness (QED) is 0.824. The lowest BCUT2D eigenvalue weighted by molar-refractivity contribution is 0.0407. The first-order valence-electron chi connectivity index (χ1n) is 7.78. The Labute approximate surface area is 121 Å². The summed E-state index contributed by atoms with van der Waals surface area (Å²) in [5.74, 6) is 0.344. The first-order chi connectivity index (χ1) is 9.69. The Kier molecular flexibility index (Phi) is 5.99. The van der Waals surface area contributed by atoms with Crippen LogP contribution in [0.5, 0.6) is 0 Å². The summed E-state index contributed by atoms with van der Waals surface area (Å²) in [6.07, 6.45) is 4.83. The number of halogens is 1.